The number of rotatable bonds is 5. The van der Waals surface area contributed by atoms with Crippen molar-refractivity contribution in [1.29, 1.82) is 0 Å². The molecule has 0 bridgehead atoms. The van der Waals surface area contributed by atoms with Crippen molar-refractivity contribution < 1.29 is 20.1 Å². The summed E-state index contributed by atoms with van der Waals surface area (Å²) in [6, 6.07) is 7.62. The number of ether oxygens (including phenoxy) is 1. The molecule has 1 aromatic carbocycles. The van der Waals surface area contributed by atoms with Gasteiger partial charge in [0.1, 0.15) is 24.6 Å². The first-order valence-corrected chi connectivity index (χ1v) is 9.87. The van der Waals surface area contributed by atoms with E-state index in [4.69, 9.17) is 10.5 Å². The summed E-state index contributed by atoms with van der Waals surface area (Å²) in [6.45, 7) is 1.37. The summed E-state index contributed by atoms with van der Waals surface area (Å²) >= 11 is 3.40. The summed E-state index contributed by atoms with van der Waals surface area (Å²) < 4.78 is 8.04. The van der Waals surface area contributed by atoms with E-state index in [1.807, 2.05) is 31.2 Å². The number of aromatic nitrogens is 4. The molecule has 1 aliphatic rings. The van der Waals surface area contributed by atoms with Gasteiger partial charge in [-0.2, -0.15) is 5.10 Å². The number of hydrogen-bond donors (Lipinski definition) is 5. The second-order valence-electron chi connectivity index (χ2n) is 6.78. The smallest absolute Gasteiger partial charge is 0.228 e. The number of aliphatic hydroxyl groups is 3. The van der Waals surface area contributed by atoms with Crippen LogP contribution in [0.15, 0.2) is 40.2 Å². The van der Waals surface area contributed by atoms with E-state index in [9.17, 15) is 15.3 Å². The number of hydrogen-bond acceptors (Lipinski definition) is 10. The Balaban J connectivity index is 1.74. The number of nitrogens with zero attached hydrogens (tertiary/aromatic N) is 5. The Morgan fingerprint density at radius 3 is 2.67 bits per heavy atom. The van der Waals surface area contributed by atoms with Gasteiger partial charge in [0.25, 0.3) is 0 Å². The van der Waals surface area contributed by atoms with Crippen molar-refractivity contribution in [3.8, 4) is 0 Å². The van der Waals surface area contributed by atoms with Crippen molar-refractivity contribution in [2.45, 2.75) is 31.5 Å². The first-order chi connectivity index (χ1) is 14.4. The number of fused-ring (bicyclic) bond motifs is 1. The van der Waals surface area contributed by atoms with Gasteiger partial charge < -0.3 is 25.8 Å². The maximum absolute atomic E-state index is 10.5. The molecule has 4 unspecified atom stereocenters. The van der Waals surface area contributed by atoms with E-state index in [1.165, 1.54) is 10.9 Å². The fourth-order valence-electron chi connectivity index (χ4n) is 3.23. The van der Waals surface area contributed by atoms with Gasteiger partial charge >= 0.3 is 0 Å². The SMILES string of the molecule is CC(=NNc1nc2c(N)ncnc2n1C1OC(CO)C(O)C1O)c1ccc(Br)cc1. The van der Waals surface area contributed by atoms with E-state index >= 15 is 0 Å². The number of aliphatic hydroxyl groups excluding tert-OH is 3. The maximum atomic E-state index is 10.5. The quantitative estimate of drug-likeness (QED) is 0.261. The molecule has 12 heteroatoms. The van der Waals surface area contributed by atoms with Gasteiger partial charge in [-0.1, -0.05) is 28.1 Å². The molecule has 4 rings (SSSR count). The molecule has 0 radical (unpaired) electrons. The monoisotopic (exact) mass is 477 g/mol. The Kier molecular flexibility index (Phi) is 5.66. The van der Waals surface area contributed by atoms with Crippen LogP contribution in [0, 0.1) is 0 Å². The molecule has 0 amide bonds. The number of hydrazone groups is 1. The van der Waals surface area contributed by atoms with Gasteiger partial charge in [-0.25, -0.2) is 20.4 Å². The van der Waals surface area contributed by atoms with Crippen molar-refractivity contribution >= 4 is 44.6 Å². The van der Waals surface area contributed by atoms with Crippen LogP contribution in [0.3, 0.4) is 0 Å². The van der Waals surface area contributed by atoms with Gasteiger partial charge in [0.05, 0.1) is 12.3 Å². The van der Waals surface area contributed by atoms with Crippen molar-refractivity contribution in [2.75, 3.05) is 17.8 Å². The molecule has 1 saturated heterocycles. The van der Waals surface area contributed by atoms with Gasteiger partial charge in [0.2, 0.25) is 5.95 Å². The van der Waals surface area contributed by atoms with Crippen LogP contribution in [0.5, 0.6) is 0 Å². The number of nitrogens with two attached hydrogens (primary N) is 1. The average Bonchev–Trinajstić information content (AvgIpc) is 3.25. The lowest BCUT2D eigenvalue weighted by atomic mass is 10.1. The average molecular weight is 478 g/mol. The molecular formula is C18H20BrN7O4. The van der Waals surface area contributed by atoms with E-state index in [2.05, 4.69) is 41.4 Å². The van der Waals surface area contributed by atoms with Crippen LogP contribution >= 0.6 is 15.9 Å². The third-order valence-corrected chi connectivity index (χ3v) is 5.39. The van der Waals surface area contributed by atoms with Crippen molar-refractivity contribution in [2.24, 2.45) is 5.10 Å². The summed E-state index contributed by atoms with van der Waals surface area (Å²) in [7, 11) is 0. The molecule has 30 heavy (non-hydrogen) atoms. The van der Waals surface area contributed by atoms with Crippen molar-refractivity contribution in [3.05, 3.63) is 40.6 Å². The Hall–Kier alpha value is -2.64. The number of imidazole rings is 1. The predicted octanol–water partition coefficient (Wildman–Crippen LogP) is 0.619. The van der Waals surface area contributed by atoms with E-state index < -0.39 is 31.1 Å². The summed E-state index contributed by atoms with van der Waals surface area (Å²) in [5, 5.41) is 34.4. The van der Waals surface area contributed by atoms with Crippen LogP contribution in [0.25, 0.3) is 11.2 Å². The number of halogens is 1. The molecule has 6 N–H and O–H groups in total. The summed E-state index contributed by atoms with van der Waals surface area (Å²) in [6.07, 6.45) is -3.37. The zero-order valence-corrected chi connectivity index (χ0v) is 17.4. The maximum Gasteiger partial charge on any atom is 0.228 e. The first kappa shape index (κ1) is 20.6. The van der Waals surface area contributed by atoms with Gasteiger partial charge in [-0.05, 0) is 24.6 Å². The molecule has 3 heterocycles. The number of nitrogens with one attached hydrogen (secondary N) is 1. The lowest BCUT2D eigenvalue weighted by molar-refractivity contribution is -0.0501. The standard InChI is InChI=1S/C18H20BrN7O4/c1-8(9-2-4-10(19)5-3-9)24-25-18-23-12-15(20)21-7-22-16(12)26(18)17-14(29)13(28)11(6-27)30-17/h2-5,7,11,13-14,17,27-29H,6H2,1H3,(H,23,25)(H2,20,21,22). The zero-order chi connectivity index (χ0) is 21.4. The Morgan fingerprint density at radius 1 is 1.27 bits per heavy atom. The normalized spacial score (nSPS) is 24.5. The summed E-state index contributed by atoms with van der Waals surface area (Å²) in [5.74, 6) is 0.325. The van der Waals surface area contributed by atoms with Crippen LogP contribution in [0.1, 0.15) is 18.7 Å². The lowest BCUT2D eigenvalue weighted by Gasteiger charge is -2.19. The molecule has 1 aliphatic heterocycles. The van der Waals surface area contributed by atoms with Crippen LogP contribution < -0.4 is 11.2 Å². The van der Waals surface area contributed by atoms with E-state index in [-0.39, 0.29) is 22.9 Å². The predicted molar refractivity (Wildman–Crippen MR) is 113 cm³/mol. The van der Waals surface area contributed by atoms with Gasteiger partial charge in [0, 0.05) is 4.47 Å². The van der Waals surface area contributed by atoms with E-state index in [0.29, 0.717) is 5.71 Å². The molecule has 4 atom stereocenters. The first-order valence-electron chi connectivity index (χ1n) is 9.07. The molecule has 0 aliphatic carbocycles. The van der Waals surface area contributed by atoms with Crippen LogP contribution in [-0.2, 0) is 4.74 Å². The molecule has 158 valence electrons. The highest BCUT2D eigenvalue weighted by Crippen LogP contribution is 2.35. The Bertz CT molecular complexity index is 1090. The minimum Gasteiger partial charge on any atom is -0.394 e. The lowest BCUT2D eigenvalue weighted by Crippen LogP contribution is -2.33. The number of anilines is 2. The van der Waals surface area contributed by atoms with Crippen molar-refractivity contribution in [1.82, 2.24) is 19.5 Å². The highest BCUT2D eigenvalue weighted by molar-refractivity contribution is 9.10. The van der Waals surface area contributed by atoms with Crippen LogP contribution in [-0.4, -0.2) is 65.5 Å². The minimum absolute atomic E-state index is 0.141. The molecule has 0 saturated carbocycles. The summed E-state index contributed by atoms with van der Waals surface area (Å²) in [5.41, 5.74) is 10.9. The topological polar surface area (TPSA) is 164 Å². The fraction of sp³-hybridized carbons (Fsp3) is 0.333. The molecular weight excluding hydrogens is 458 g/mol. The second-order valence-corrected chi connectivity index (χ2v) is 7.70. The van der Waals surface area contributed by atoms with Gasteiger partial charge in [-0.15, -0.1) is 0 Å². The highest BCUT2D eigenvalue weighted by Gasteiger charge is 2.45. The molecule has 11 nitrogen and oxygen atoms in total. The van der Waals surface area contributed by atoms with Crippen LogP contribution in [0.2, 0.25) is 0 Å². The van der Waals surface area contributed by atoms with E-state index in [1.54, 1.807) is 0 Å². The largest absolute Gasteiger partial charge is 0.394 e. The highest BCUT2D eigenvalue weighted by atomic mass is 79.9. The zero-order valence-electron chi connectivity index (χ0n) is 15.8. The Morgan fingerprint density at radius 2 is 2.00 bits per heavy atom. The molecule has 3 aromatic rings. The number of nitrogen functional groups attached to an aromatic ring is 1. The summed E-state index contributed by atoms with van der Waals surface area (Å²) in [4.78, 5) is 12.5. The molecule has 1 fully saturated rings. The Labute approximate surface area is 179 Å². The fourth-order valence-corrected chi connectivity index (χ4v) is 3.49. The second kappa shape index (κ2) is 8.24. The van der Waals surface area contributed by atoms with E-state index in [0.717, 1.165) is 10.0 Å². The third-order valence-electron chi connectivity index (χ3n) is 4.86. The van der Waals surface area contributed by atoms with Crippen molar-refractivity contribution in [3.63, 3.8) is 0 Å². The molecule has 0 spiro atoms. The number of benzene rings is 1. The third kappa shape index (κ3) is 3.63. The minimum atomic E-state index is -1.33. The molecule has 2 aromatic heterocycles. The van der Waals surface area contributed by atoms with Gasteiger partial charge in [0.15, 0.2) is 23.2 Å². The van der Waals surface area contributed by atoms with Crippen LogP contribution in [0.4, 0.5) is 11.8 Å². The van der Waals surface area contributed by atoms with Gasteiger partial charge in [-0.3, -0.25) is 4.57 Å².